The van der Waals surface area contributed by atoms with Crippen molar-refractivity contribution in [2.45, 2.75) is 45.4 Å². The zero-order valence-corrected chi connectivity index (χ0v) is 6.82. The summed E-state index contributed by atoms with van der Waals surface area (Å²) in [5, 5.41) is 0. The quantitative estimate of drug-likeness (QED) is 0.520. The molecule has 0 aromatic carbocycles. The van der Waals surface area contributed by atoms with Crippen LogP contribution in [0.1, 0.15) is 45.4 Å². The van der Waals surface area contributed by atoms with Gasteiger partial charge in [0.1, 0.15) is 0 Å². The third-order valence-corrected chi connectivity index (χ3v) is 4.99. The highest BCUT2D eigenvalue weighted by atomic mass is 14.8. The first-order valence-corrected chi connectivity index (χ1v) is 4.83. The molecule has 0 N–H and O–H groups in total. The highest BCUT2D eigenvalue weighted by Crippen LogP contribution is 2.83. The van der Waals surface area contributed by atoms with E-state index in [-0.39, 0.29) is 0 Å². The molecular weight excluding hydrogens is 120 g/mol. The molecule has 56 valence electrons. The van der Waals surface area contributed by atoms with Crippen LogP contribution in [0.5, 0.6) is 0 Å². The minimum Gasteiger partial charge on any atom is -0.0648 e. The lowest BCUT2D eigenvalue weighted by molar-refractivity contribution is 0.0157. The molecule has 0 aromatic rings. The lowest BCUT2D eigenvalue weighted by atomic mass is 9.56. The molecular formula is C10H16. The molecule has 3 saturated carbocycles. The van der Waals surface area contributed by atoms with E-state index in [0.29, 0.717) is 0 Å². The van der Waals surface area contributed by atoms with E-state index in [4.69, 9.17) is 0 Å². The van der Waals surface area contributed by atoms with Gasteiger partial charge in [-0.3, -0.25) is 0 Å². The summed E-state index contributed by atoms with van der Waals surface area (Å²) in [6, 6.07) is 0. The second kappa shape index (κ2) is 1.31. The summed E-state index contributed by atoms with van der Waals surface area (Å²) in [5.41, 5.74) is 1.83. The highest BCUT2D eigenvalue weighted by molar-refractivity contribution is 5.23. The van der Waals surface area contributed by atoms with Crippen molar-refractivity contribution < 1.29 is 0 Å². The molecule has 0 radical (unpaired) electrons. The van der Waals surface area contributed by atoms with Crippen LogP contribution in [0.4, 0.5) is 0 Å². The Morgan fingerprint density at radius 1 is 1.30 bits per heavy atom. The van der Waals surface area contributed by atoms with Crippen LogP contribution < -0.4 is 0 Å². The Morgan fingerprint density at radius 2 is 2.20 bits per heavy atom. The zero-order chi connectivity index (χ0) is 6.82. The normalized spacial score (nSPS) is 62.7. The first-order chi connectivity index (χ1) is 4.83. The smallest absolute Gasteiger partial charge is 0.0210 e. The fourth-order valence-electron chi connectivity index (χ4n) is 4.04. The Morgan fingerprint density at radius 3 is 2.50 bits per heavy atom. The van der Waals surface area contributed by atoms with E-state index in [1.807, 2.05) is 0 Å². The van der Waals surface area contributed by atoms with Gasteiger partial charge in [-0.15, -0.1) is 0 Å². The monoisotopic (exact) mass is 136 g/mol. The average molecular weight is 136 g/mol. The molecule has 3 aliphatic carbocycles. The Balaban J connectivity index is 1.99. The Bertz CT molecular complexity index is 174. The SMILES string of the molecule is CCC12CCC3CC31CC2. The number of hydrogen-bond acceptors (Lipinski definition) is 0. The van der Waals surface area contributed by atoms with Crippen molar-refractivity contribution in [1.29, 1.82) is 0 Å². The number of rotatable bonds is 1. The largest absolute Gasteiger partial charge is 0.0648 e. The van der Waals surface area contributed by atoms with Crippen LogP contribution in [-0.2, 0) is 0 Å². The predicted octanol–water partition coefficient (Wildman–Crippen LogP) is 2.98. The minimum absolute atomic E-state index is 0.887. The van der Waals surface area contributed by atoms with E-state index in [1.54, 1.807) is 32.1 Å². The molecule has 0 aliphatic heterocycles. The topological polar surface area (TPSA) is 0 Å². The van der Waals surface area contributed by atoms with Crippen molar-refractivity contribution in [2.24, 2.45) is 16.7 Å². The van der Waals surface area contributed by atoms with Gasteiger partial charge in [0.15, 0.2) is 0 Å². The Labute approximate surface area is 63.0 Å². The highest BCUT2D eigenvalue weighted by Gasteiger charge is 2.73. The van der Waals surface area contributed by atoms with Gasteiger partial charge in [0, 0.05) is 0 Å². The third-order valence-electron chi connectivity index (χ3n) is 4.99. The first kappa shape index (κ1) is 5.62. The van der Waals surface area contributed by atoms with Crippen LogP contribution in [-0.4, -0.2) is 0 Å². The van der Waals surface area contributed by atoms with Crippen LogP contribution in [0.2, 0.25) is 0 Å². The van der Waals surface area contributed by atoms with Gasteiger partial charge in [0.2, 0.25) is 0 Å². The van der Waals surface area contributed by atoms with Crippen molar-refractivity contribution in [3.8, 4) is 0 Å². The van der Waals surface area contributed by atoms with Crippen molar-refractivity contribution in [1.82, 2.24) is 0 Å². The first-order valence-electron chi connectivity index (χ1n) is 4.83. The van der Waals surface area contributed by atoms with Crippen molar-refractivity contribution >= 4 is 0 Å². The maximum atomic E-state index is 2.40. The summed E-state index contributed by atoms with van der Waals surface area (Å²) in [4.78, 5) is 0. The second-order valence-electron chi connectivity index (χ2n) is 4.73. The van der Waals surface area contributed by atoms with E-state index in [2.05, 4.69) is 6.92 Å². The second-order valence-corrected chi connectivity index (χ2v) is 4.73. The zero-order valence-electron chi connectivity index (χ0n) is 6.82. The van der Waals surface area contributed by atoms with Gasteiger partial charge in [-0.05, 0) is 55.3 Å². The van der Waals surface area contributed by atoms with Gasteiger partial charge in [0.05, 0.1) is 0 Å². The minimum atomic E-state index is 0.887. The number of hydrogen-bond donors (Lipinski definition) is 0. The van der Waals surface area contributed by atoms with Gasteiger partial charge in [-0.2, -0.15) is 0 Å². The van der Waals surface area contributed by atoms with Crippen LogP contribution in [0.25, 0.3) is 0 Å². The molecule has 0 nitrogen and oxygen atoms in total. The Kier molecular flexibility index (Phi) is 0.735. The molecule has 0 heteroatoms. The summed E-state index contributed by atoms with van der Waals surface area (Å²) in [5.74, 6) is 1.20. The van der Waals surface area contributed by atoms with E-state index in [0.717, 1.165) is 10.8 Å². The molecule has 3 unspecified atom stereocenters. The molecule has 3 aliphatic rings. The Hall–Kier alpha value is 0. The molecule has 0 saturated heterocycles. The third kappa shape index (κ3) is 0.339. The van der Waals surface area contributed by atoms with Gasteiger partial charge in [-0.25, -0.2) is 0 Å². The van der Waals surface area contributed by atoms with Gasteiger partial charge >= 0.3 is 0 Å². The molecule has 0 aromatic heterocycles. The molecule has 0 heterocycles. The summed E-state index contributed by atoms with van der Waals surface area (Å²) in [6.07, 6.45) is 9.40. The molecule has 3 atom stereocenters. The predicted molar refractivity (Wildman–Crippen MR) is 41.7 cm³/mol. The van der Waals surface area contributed by atoms with E-state index < -0.39 is 0 Å². The van der Waals surface area contributed by atoms with E-state index in [9.17, 15) is 0 Å². The summed E-state index contributed by atoms with van der Waals surface area (Å²) in [7, 11) is 0. The molecule has 3 rings (SSSR count). The lowest BCUT2D eigenvalue weighted by Crippen LogP contribution is -2.39. The van der Waals surface area contributed by atoms with Crippen LogP contribution >= 0.6 is 0 Å². The fraction of sp³-hybridized carbons (Fsp3) is 1.00. The maximum Gasteiger partial charge on any atom is -0.0210 e. The van der Waals surface area contributed by atoms with E-state index in [1.165, 1.54) is 12.3 Å². The summed E-state index contributed by atoms with van der Waals surface area (Å²) >= 11 is 0. The van der Waals surface area contributed by atoms with Crippen LogP contribution in [0.15, 0.2) is 0 Å². The van der Waals surface area contributed by atoms with Gasteiger partial charge in [-0.1, -0.05) is 6.92 Å². The van der Waals surface area contributed by atoms with E-state index >= 15 is 0 Å². The van der Waals surface area contributed by atoms with Gasteiger partial charge in [0.25, 0.3) is 0 Å². The summed E-state index contributed by atoms with van der Waals surface area (Å²) in [6.45, 7) is 2.40. The average Bonchev–Trinajstić information content (AvgIpc) is 2.60. The van der Waals surface area contributed by atoms with Crippen LogP contribution in [0, 0.1) is 16.7 Å². The van der Waals surface area contributed by atoms with Crippen molar-refractivity contribution in [3.05, 3.63) is 0 Å². The summed E-state index contributed by atoms with van der Waals surface area (Å²) < 4.78 is 0. The molecule has 3 fully saturated rings. The van der Waals surface area contributed by atoms with Crippen molar-refractivity contribution in [2.75, 3.05) is 0 Å². The fourth-order valence-corrected chi connectivity index (χ4v) is 4.04. The molecule has 0 bridgehead atoms. The van der Waals surface area contributed by atoms with Gasteiger partial charge < -0.3 is 0 Å². The van der Waals surface area contributed by atoms with Crippen LogP contribution in [0.3, 0.4) is 0 Å². The molecule has 0 amide bonds. The standard InChI is InChI=1S/C10H16/c1-2-9-4-3-8-7-10(8,9)6-5-9/h8H,2-7H2,1H3. The molecule has 10 heavy (non-hydrogen) atoms. The lowest BCUT2D eigenvalue weighted by Gasteiger charge is -2.48. The van der Waals surface area contributed by atoms with Crippen molar-refractivity contribution in [3.63, 3.8) is 0 Å². The maximum absolute atomic E-state index is 2.40. The molecule has 1 spiro atoms.